The summed E-state index contributed by atoms with van der Waals surface area (Å²) in [6.07, 6.45) is -3.91. The number of alkyl halides is 3. The maximum Gasteiger partial charge on any atom is 0.409 e. The van der Waals surface area contributed by atoms with Crippen LogP contribution in [0.25, 0.3) is 0 Å². The van der Waals surface area contributed by atoms with Gasteiger partial charge in [0.05, 0.1) is 13.2 Å². The minimum absolute atomic E-state index is 0.0713. The monoisotopic (exact) mass is 553 g/mol. The zero-order valence-electron chi connectivity index (χ0n) is 22.3. The number of carbonyl (C=O) groups is 2. The number of halogens is 3. The number of carbonyl (C=O) groups excluding carboxylic acids is 1. The van der Waals surface area contributed by atoms with E-state index in [0.29, 0.717) is 44.6 Å². The molecule has 1 atom stereocenters. The second kappa shape index (κ2) is 17.3. The van der Waals surface area contributed by atoms with Crippen LogP contribution in [-0.2, 0) is 27.1 Å². The lowest BCUT2D eigenvalue weighted by Gasteiger charge is -2.22. The summed E-state index contributed by atoms with van der Waals surface area (Å²) in [5.74, 6) is -0.458. The molecule has 0 saturated carbocycles. The summed E-state index contributed by atoms with van der Waals surface area (Å²) in [4.78, 5) is 25.5. The molecule has 10 heteroatoms. The van der Waals surface area contributed by atoms with Crippen molar-refractivity contribution in [1.82, 2.24) is 4.90 Å². The third-order valence-corrected chi connectivity index (χ3v) is 5.97. The number of amides is 1. The number of rotatable bonds is 18. The molecule has 2 aromatic rings. The fourth-order valence-corrected chi connectivity index (χ4v) is 3.90. The van der Waals surface area contributed by atoms with Crippen molar-refractivity contribution in [2.45, 2.75) is 64.1 Å². The van der Waals surface area contributed by atoms with Gasteiger partial charge in [0.25, 0.3) is 0 Å². The maximum atomic E-state index is 12.7. The minimum atomic E-state index is -4.15. The lowest BCUT2D eigenvalue weighted by atomic mass is 10.1. The molecule has 0 aliphatic heterocycles. The van der Waals surface area contributed by atoms with E-state index in [-0.39, 0.29) is 32.6 Å². The number of carboxylic acid groups (broad SMARTS) is 1. The summed E-state index contributed by atoms with van der Waals surface area (Å²) in [6, 6.07) is 16.6. The van der Waals surface area contributed by atoms with Gasteiger partial charge in [0, 0.05) is 32.4 Å². The third-order valence-electron chi connectivity index (χ3n) is 5.97. The number of nitrogens with zero attached hydrogens (tertiary/aromatic N) is 1. The second-order valence-electron chi connectivity index (χ2n) is 9.10. The van der Waals surface area contributed by atoms with E-state index in [0.717, 1.165) is 11.1 Å². The summed E-state index contributed by atoms with van der Waals surface area (Å²) in [5.41, 5.74) is 1.83. The standard InChI is InChI=1S/C29H38F3NO6/c1-2-37-26(27(34)35)22-24-12-14-25(15-13-24)38-21-19-33(18-9-4-3-8-17-29(30,31)32)28(36)39-20-16-23-10-6-5-7-11-23/h5-7,10-15,26H,2-4,8-9,16-22H2,1H3,(H,34,35). The predicted octanol–water partition coefficient (Wildman–Crippen LogP) is 6.29. The van der Waals surface area contributed by atoms with Gasteiger partial charge in [0.1, 0.15) is 12.4 Å². The Kier molecular flexibility index (Phi) is 14.2. The van der Waals surface area contributed by atoms with Crippen molar-refractivity contribution in [2.24, 2.45) is 0 Å². The van der Waals surface area contributed by atoms with Crippen LogP contribution in [-0.4, -0.2) is 67.3 Å². The Hall–Kier alpha value is -3.27. The molecule has 0 aromatic heterocycles. The summed E-state index contributed by atoms with van der Waals surface area (Å²) >= 11 is 0. The van der Waals surface area contributed by atoms with Gasteiger partial charge in [-0.2, -0.15) is 13.2 Å². The number of hydrogen-bond donors (Lipinski definition) is 1. The highest BCUT2D eigenvalue weighted by Gasteiger charge is 2.25. The van der Waals surface area contributed by atoms with Crippen molar-refractivity contribution < 1.29 is 42.1 Å². The van der Waals surface area contributed by atoms with Gasteiger partial charge in [0.15, 0.2) is 6.10 Å². The molecule has 1 amide bonds. The molecule has 2 rings (SSSR count). The van der Waals surface area contributed by atoms with Crippen LogP contribution in [0.4, 0.5) is 18.0 Å². The van der Waals surface area contributed by atoms with E-state index in [4.69, 9.17) is 14.2 Å². The Morgan fingerprint density at radius 2 is 1.59 bits per heavy atom. The number of aliphatic carboxylic acids is 1. The Morgan fingerprint density at radius 1 is 0.897 bits per heavy atom. The highest BCUT2D eigenvalue weighted by atomic mass is 19.4. The molecular weight excluding hydrogens is 515 g/mol. The zero-order valence-corrected chi connectivity index (χ0v) is 22.3. The number of carboxylic acids is 1. The van der Waals surface area contributed by atoms with Crippen LogP contribution in [0.15, 0.2) is 54.6 Å². The summed E-state index contributed by atoms with van der Waals surface area (Å²) in [5, 5.41) is 9.24. The molecule has 0 fully saturated rings. The van der Waals surface area contributed by atoms with Crippen LogP contribution in [0.2, 0.25) is 0 Å². The third kappa shape index (κ3) is 13.9. The number of unbranched alkanes of at least 4 members (excludes halogenated alkanes) is 3. The van der Waals surface area contributed by atoms with Crippen molar-refractivity contribution >= 4 is 12.1 Å². The number of hydrogen-bond acceptors (Lipinski definition) is 5. The van der Waals surface area contributed by atoms with Gasteiger partial charge in [-0.3, -0.25) is 0 Å². The van der Waals surface area contributed by atoms with Crippen molar-refractivity contribution in [1.29, 1.82) is 0 Å². The molecule has 0 radical (unpaired) electrons. The molecule has 0 bridgehead atoms. The first-order valence-electron chi connectivity index (χ1n) is 13.3. The predicted molar refractivity (Wildman–Crippen MR) is 141 cm³/mol. The largest absolute Gasteiger partial charge is 0.492 e. The van der Waals surface area contributed by atoms with Crippen LogP contribution in [0.3, 0.4) is 0 Å². The average Bonchev–Trinajstić information content (AvgIpc) is 2.90. The van der Waals surface area contributed by atoms with E-state index in [2.05, 4.69) is 0 Å². The van der Waals surface area contributed by atoms with Gasteiger partial charge >= 0.3 is 18.2 Å². The molecular formula is C29H38F3NO6. The lowest BCUT2D eigenvalue weighted by Crippen LogP contribution is -2.36. The fraction of sp³-hybridized carbons (Fsp3) is 0.517. The molecule has 2 aromatic carbocycles. The minimum Gasteiger partial charge on any atom is -0.492 e. The zero-order chi connectivity index (χ0) is 28.5. The molecule has 7 nitrogen and oxygen atoms in total. The first-order valence-corrected chi connectivity index (χ1v) is 13.3. The van der Waals surface area contributed by atoms with Crippen LogP contribution in [0, 0.1) is 0 Å². The van der Waals surface area contributed by atoms with Gasteiger partial charge < -0.3 is 24.2 Å². The maximum absolute atomic E-state index is 12.7. The first-order chi connectivity index (χ1) is 18.7. The summed E-state index contributed by atoms with van der Waals surface area (Å²) in [7, 11) is 0. The molecule has 1 N–H and O–H groups in total. The van der Waals surface area contributed by atoms with Crippen LogP contribution < -0.4 is 4.74 Å². The van der Waals surface area contributed by atoms with Gasteiger partial charge in [-0.25, -0.2) is 9.59 Å². The van der Waals surface area contributed by atoms with Crippen molar-refractivity contribution in [3.8, 4) is 5.75 Å². The van der Waals surface area contributed by atoms with E-state index in [1.54, 1.807) is 31.2 Å². The van der Waals surface area contributed by atoms with E-state index in [1.165, 1.54) is 4.90 Å². The van der Waals surface area contributed by atoms with Crippen molar-refractivity contribution in [3.63, 3.8) is 0 Å². The molecule has 216 valence electrons. The smallest absolute Gasteiger partial charge is 0.409 e. The molecule has 0 aliphatic rings. The van der Waals surface area contributed by atoms with Crippen LogP contribution in [0.1, 0.15) is 50.2 Å². The fourth-order valence-electron chi connectivity index (χ4n) is 3.90. The van der Waals surface area contributed by atoms with Crippen molar-refractivity contribution in [3.05, 3.63) is 65.7 Å². The molecule has 1 unspecified atom stereocenters. The van der Waals surface area contributed by atoms with Crippen molar-refractivity contribution in [2.75, 3.05) is 32.9 Å². The van der Waals surface area contributed by atoms with E-state index >= 15 is 0 Å². The van der Waals surface area contributed by atoms with E-state index < -0.39 is 30.8 Å². The lowest BCUT2D eigenvalue weighted by molar-refractivity contribution is -0.150. The quantitative estimate of drug-likeness (QED) is 0.218. The molecule has 0 heterocycles. The Morgan fingerprint density at radius 3 is 2.23 bits per heavy atom. The Labute approximate surface area is 227 Å². The molecule has 0 saturated heterocycles. The van der Waals surface area contributed by atoms with Gasteiger partial charge in [-0.1, -0.05) is 55.3 Å². The molecule has 39 heavy (non-hydrogen) atoms. The normalized spacial score (nSPS) is 12.1. The highest BCUT2D eigenvalue weighted by Crippen LogP contribution is 2.23. The van der Waals surface area contributed by atoms with Gasteiger partial charge in [-0.05, 0) is 43.0 Å². The average molecular weight is 554 g/mol. The number of ether oxygens (including phenoxy) is 3. The van der Waals surface area contributed by atoms with E-state index in [9.17, 15) is 27.9 Å². The topological polar surface area (TPSA) is 85.3 Å². The highest BCUT2D eigenvalue weighted by molar-refractivity contribution is 5.72. The summed E-state index contributed by atoms with van der Waals surface area (Å²) < 4.78 is 53.5. The SMILES string of the molecule is CCOC(Cc1ccc(OCCN(CCCCCCC(F)(F)F)C(=O)OCCc2ccccc2)cc1)C(=O)O. The van der Waals surface area contributed by atoms with Crippen LogP contribution in [0.5, 0.6) is 5.75 Å². The molecule has 0 aliphatic carbocycles. The Bertz CT molecular complexity index is 969. The van der Waals surface area contributed by atoms with Crippen LogP contribution >= 0.6 is 0 Å². The molecule has 0 spiro atoms. The Balaban J connectivity index is 1.84. The summed E-state index contributed by atoms with van der Waals surface area (Å²) in [6.45, 7) is 3.05. The van der Waals surface area contributed by atoms with E-state index in [1.807, 2.05) is 30.3 Å². The first kappa shape index (κ1) is 31.9. The second-order valence-corrected chi connectivity index (χ2v) is 9.10. The number of benzene rings is 2. The van der Waals surface area contributed by atoms with Gasteiger partial charge in [-0.15, -0.1) is 0 Å². The van der Waals surface area contributed by atoms with Gasteiger partial charge in [0.2, 0.25) is 0 Å².